The lowest BCUT2D eigenvalue weighted by molar-refractivity contribution is 0.431. The Morgan fingerprint density at radius 1 is 0.246 bits per heavy atom. The molecule has 4 aliphatic rings. The van der Waals surface area contributed by atoms with E-state index in [1.54, 1.807) is 0 Å². The highest BCUT2D eigenvalue weighted by Gasteiger charge is 2.52. The van der Waals surface area contributed by atoms with Crippen LogP contribution in [0.2, 0.25) is 0 Å². The zero-order valence-corrected chi connectivity index (χ0v) is 63.9. The van der Waals surface area contributed by atoms with E-state index in [1.165, 1.54) is 106 Å². The molecule has 0 saturated carbocycles. The second kappa shape index (κ2) is 26.5. The molecule has 0 unspecified atom stereocenters. The van der Waals surface area contributed by atoms with Gasteiger partial charge in [-0.3, -0.25) is 0 Å². The molecule has 24 rings (SSSR count). The Morgan fingerprint density at radius 2 is 0.649 bits per heavy atom. The van der Waals surface area contributed by atoms with Crippen molar-refractivity contribution >= 4 is 133 Å². The molecule has 18 aromatic carbocycles. The van der Waals surface area contributed by atoms with Crippen LogP contribution in [0.1, 0.15) is 44.5 Å². The minimum Gasteiger partial charge on any atom is -0.457 e. The van der Waals surface area contributed by atoms with Crippen molar-refractivity contribution in [1.29, 1.82) is 0 Å². The van der Waals surface area contributed by atoms with Crippen LogP contribution in [0.15, 0.2) is 424 Å². The number of fused-ring (bicyclic) bond motifs is 25. The number of thiophene rings is 1. The SMILES string of the molecule is c1ccc(-c2ccc(-c3ccc(N(c4cccc5c4Sc4ccccc4C54c5ccccc5Oc5ccccc54)c4cccc5oc6ccccc6c45)cc3)cc2)cc1.c1ccc2c(c1)Oc1ccccc1C21c2ccccc2Sc2c(N(c3ccc4c(ccc5ccccc54)c3)c3cccc4c3sc3ccccc34)cccc21. The zero-order chi connectivity index (χ0) is 75.0. The number of benzene rings is 18. The Morgan fingerprint density at radius 3 is 1.25 bits per heavy atom. The highest BCUT2D eigenvalue weighted by Crippen LogP contribution is 2.66. The molecule has 0 aliphatic carbocycles. The third-order valence-electron chi connectivity index (χ3n) is 23.6. The van der Waals surface area contributed by atoms with E-state index < -0.39 is 10.8 Å². The second-order valence-corrected chi connectivity index (χ2v) is 32.7. The first-order chi connectivity index (χ1) is 56.5. The van der Waals surface area contributed by atoms with E-state index in [0.29, 0.717) is 0 Å². The summed E-state index contributed by atoms with van der Waals surface area (Å²) in [6.07, 6.45) is 0. The molecule has 8 heteroatoms. The molecule has 6 heterocycles. The van der Waals surface area contributed by atoms with Gasteiger partial charge in [-0.25, -0.2) is 0 Å². The number of anilines is 6. The molecule has 0 N–H and O–H groups in total. The van der Waals surface area contributed by atoms with Gasteiger partial charge in [-0.2, -0.15) is 0 Å². The molecule has 2 aromatic heterocycles. The maximum Gasteiger partial charge on any atom is 0.137 e. The summed E-state index contributed by atoms with van der Waals surface area (Å²) in [7, 11) is 0. The van der Waals surface area contributed by atoms with Crippen molar-refractivity contribution in [2.45, 2.75) is 30.4 Å². The van der Waals surface area contributed by atoms with Gasteiger partial charge in [-0.1, -0.05) is 321 Å². The summed E-state index contributed by atoms with van der Waals surface area (Å²) in [4.78, 5) is 9.88. The van der Waals surface area contributed by atoms with Gasteiger partial charge < -0.3 is 23.7 Å². The Labute approximate surface area is 671 Å². The maximum absolute atomic E-state index is 6.68. The van der Waals surface area contributed by atoms with E-state index in [0.717, 1.165) is 101 Å². The van der Waals surface area contributed by atoms with E-state index in [1.807, 2.05) is 40.9 Å². The first-order valence-corrected chi connectivity index (χ1v) is 41.1. The summed E-state index contributed by atoms with van der Waals surface area (Å²) < 4.78 is 22.4. The minimum atomic E-state index is -0.617. The lowest BCUT2D eigenvalue weighted by atomic mass is 9.63. The summed E-state index contributed by atoms with van der Waals surface area (Å²) in [6, 6.07) is 145. The molecular formula is C106H66N2O3S3. The van der Waals surface area contributed by atoms with Crippen LogP contribution in [0, 0.1) is 0 Å². The van der Waals surface area contributed by atoms with Gasteiger partial charge >= 0.3 is 0 Å². The van der Waals surface area contributed by atoms with Crippen LogP contribution in [0.4, 0.5) is 34.1 Å². The van der Waals surface area contributed by atoms with Crippen molar-refractivity contribution in [2.75, 3.05) is 9.80 Å². The third-order valence-corrected chi connectivity index (χ3v) is 27.2. The van der Waals surface area contributed by atoms with E-state index in [-0.39, 0.29) is 0 Å². The predicted octanol–water partition coefficient (Wildman–Crippen LogP) is 30.1. The second-order valence-electron chi connectivity index (χ2n) is 29.5. The molecule has 114 heavy (non-hydrogen) atoms. The van der Waals surface area contributed by atoms with Crippen LogP contribution < -0.4 is 19.3 Å². The number of rotatable bonds is 8. The molecule has 4 aliphatic heterocycles. The minimum absolute atomic E-state index is 0.587. The van der Waals surface area contributed by atoms with Crippen molar-refractivity contribution in [1.82, 2.24) is 0 Å². The fourth-order valence-electron chi connectivity index (χ4n) is 18.7. The van der Waals surface area contributed by atoms with Crippen molar-refractivity contribution in [2.24, 2.45) is 0 Å². The number of hydrogen-bond donors (Lipinski definition) is 0. The van der Waals surface area contributed by atoms with E-state index >= 15 is 0 Å². The summed E-state index contributed by atoms with van der Waals surface area (Å²) in [5.41, 5.74) is 21.6. The third kappa shape index (κ3) is 10.1. The molecule has 20 aromatic rings. The van der Waals surface area contributed by atoms with E-state index in [2.05, 4.69) is 404 Å². The van der Waals surface area contributed by atoms with Crippen LogP contribution >= 0.6 is 34.9 Å². The summed E-state index contributed by atoms with van der Waals surface area (Å²) in [5, 5.41) is 9.75. The molecule has 0 bridgehead atoms. The van der Waals surface area contributed by atoms with Gasteiger partial charge in [0, 0.05) is 74.1 Å². The van der Waals surface area contributed by atoms with Crippen molar-refractivity contribution in [3.8, 4) is 45.3 Å². The van der Waals surface area contributed by atoms with E-state index in [4.69, 9.17) is 13.9 Å². The number of furan rings is 1. The molecule has 0 saturated heterocycles. The molecule has 0 radical (unpaired) electrons. The van der Waals surface area contributed by atoms with Crippen LogP contribution in [0.25, 0.3) is 85.9 Å². The Hall–Kier alpha value is -13.6. The zero-order valence-electron chi connectivity index (χ0n) is 61.4. The fraction of sp³-hybridized carbons (Fsp3) is 0.0189. The lowest BCUT2D eigenvalue weighted by Gasteiger charge is -2.46. The van der Waals surface area contributed by atoms with Gasteiger partial charge in [0.2, 0.25) is 0 Å². The predicted molar refractivity (Wildman–Crippen MR) is 473 cm³/mol. The Bertz CT molecular complexity index is 7160. The molecular weight excluding hydrogens is 1450 g/mol. The lowest BCUT2D eigenvalue weighted by Crippen LogP contribution is -2.37. The van der Waals surface area contributed by atoms with Crippen molar-refractivity contribution < 1.29 is 13.9 Å². The molecule has 536 valence electrons. The number of hydrogen-bond acceptors (Lipinski definition) is 8. The topological polar surface area (TPSA) is 38.1 Å². The van der Waals surface area contributed by atoms with Gasteiger partial charge in [-0.05, 0) is 169 Å². The number of nitrogens with zero attached hydrogens (tertiary/aromatic N) is 2. The first-order valence-electron chi connectivity index (χ1n) is 38.7. The van der Waals surface area contributed by atoms with Crippen LogP contribution in [-0.4, -0.2) is 0 Å². The molecule has 5 nitrogen and oxygen atoms in total. The highest BCUT2D eigenvalue weighted by molar-refractivity contribution is 8.00. The standard InChI is InChI=1S/C55H35NO2S.C51H31NOS2/c1-2-14-36(15-3-1)37-28-30-38(31-29-37)39-32-34-40(35-33-39)56(46-21-13-26-51-53(46)41-16-4-8-23-48(41)57-51)47-22-12-20-45-54(47)59-52-27-11-7-19-44(52)55(45)42-17-5-9-24-49(42)58-50-25-10-6-18-43(50)55;1-2-14-35-32(13-1)27-28-33-31-34(29-30-36(33)35)52(43-21-11-16-38-37-15-3-9-25-47(37)54-49(38)43)44-22-12-20-42-50(44)55-48-26-10-6-19-41(48)51(42)39-17-4-7-23-45(39)53-46-24-8-5-18-40(46)51/h1-35H;1-31H. The maximum atomic E-state index is 6.68. The summed E-state index contributed by atoms with van der Waals surface area (Å²) >= 11 is 5.60. The van der Waals surface area contributed by atoms with Gasteiger partial charge in [-0.15, -0.1) is 11.3 Å². The fourth-order valence-corrected chi connectivity index (χ4v) is 22.5. The van der Waals surface area contributed by atoms with Crippen LogP contribution in [0.5, 0.6) is 23.0 Å². The number of ether oxygens (including phenoxy) is 2. The molecule has 0 atom stereocenters. The van der Waals surface area contributed by atoms with Gasteiger partial charge in [0.15, 0.2) is 0 Å². The highest BCUT2D eigenvalue weighted by atomic mass is 32.2. The van der Waals surface area contributed by atoms with Crippen molar-refractivity contribution in [3.05, 3.63) is 445 Å². The van der Waals surface area contributed by atoms with Crippen LogP contribution in [-0.2, 0) is 10.8 Å². The van der Waals surface area contributed by atoms with E-state index in [9.17, 15) is 0 Å². The van der Waals surface area contributed by atoms with Gasteiger partial charge in [0.25, 0.3) is 0 Å². The smallest absolute Gasteiger partial charge is 0.137 e. The monoisotopic (exact) mass is 1510 g/mol. The molecule has 2 spiro atoms. The Balaban J connectivity index is 0.000000136. The van der Waals surface area contributed by atoms with Gasteiger partial charge in [0.05, 0.1) is 43.7 Å². The number of para-hydroxylation sites is 5. The van der Waals surface area contributed by atoms with Crippen molar-refractivity contribution in [3.63, 3.8) is 0 Å². The Kier molecular flexibility index (Phi) is 15.4. The molecule has 0 fully saturated rings. The van der Waals surface area contributed by atoms with Crippen LogP contribution in [0.3, 0.4) is 0 Å². The summed E-state index contributed by atoms with van der Waals surface area (Å²) in [5.74, 6) is 3.55. The average Bonchev–Trinajstić information content (AvgIpc) is 0.852. The quantitative estimate of drug-likeness (QED) is 0.140. The largest absolute Gasteiger partial charge is 0.457 e. The summed E-state index contributed by atoms with van der Waals surface area (Å²) in [6.45, 7) is 0. The normalized spacial score (nSPS) is 13.5. The molecule has 0 amide bonds. The first kappa shape index (κ1) is 66.2. The average molecular weight is 1510 g/mol. The van der Waals surface area contributed by atoms with Gasteiger partial charge in [0.1, 0.15) is 34.2 Å².